The van der Waals surface area contributed by atoms with Gasteiger partial charge in [-0.05, 0) is 127 Å². The molecule has 0 amide bonds. The summed E-state index contributed by atoms with van der Waals surface area (Å²) < 4.78 is 12.7. The Morgan fingerprint density at radius 1 is 0.971 bits per heavy atom. The highest BCUT2D eigenvalue weighted by Gasteiger charge is 2.56. The van der Waals surface area contributed by atoms with Gasteiger partial charge in [0.2, 0.25) is 0 Å². The lowest BCUT2D eigenvalue weighted by molar-refractivity contribution is -0.131. The van der Waals surface area contributed by atoms with Gasteiger partial charge in [0.15, 0.2) is 8.32 Å². The van der Waals surface area contributed by atoms with Crippen LogP contribution in [-0.2, 0) is 13.4 Å². The minimum absolute atomic E-state index is 0.0573. The third-order valence-corrected chi connectivity index (χ3v) is 10.9. The SMILES string of the molecule is CC(C)SOC(C)(C)CCCC(C)(CCCC(C)(C)O[Si](C)(C)C)C1CCC2C(=O)CCC[C@@]21C. The Balaban J connectivity index is 2.13. The molecule has 0 aliphatic heterocycles. The predicted octanol–water partition coefficient (Wildman–Crippen LogP) is 9.60. The van der Waals surface area contributed by atoms with Crippen molar-refractivity contribution in [2.24, 2.45) is 22.7 Å². The molecule has 0 radical (unpaired) electrons. The van der Waals surface area contributed by atoms with Crippen LogP contribution in [0, 0.1) is 22.7 Å². The summed E-state index contributed by atoms with van der Waals surface area (Å²) in [6.07, 6.45) is 12.5. The fourth-order valence-corrected chi connectivity index (χ4v) is 9.83. The van der Waals surface area contributed by atoms with Crippen molar-refractivity contribution in [1.82, 2.24) is 0 Å². The molecule has 5 heteroatoms. The Hall–Kier alpha value is 0.157. The van der Waals surface area contributed by atoms with Crippen molar-refractivity contribution in [3.05, 3.63) is 0 Å². The number of Topliss-reactive ketones (excluding diaryl/α,β-unsaturated/α-hetero) is 1. The van der Waals surface area contributed by atoms with Crippen molar-refractivity contribution in [2.75, 3.05) is 0 Å². The zero-order valence-corrected chi connectivity index (χ0v) is 27.0. The Kier molecular flexibility index (Phi) is 10.7. The first-order valence-electron chi connectivity index (χ1n) is 14.5. The maximum absolute atomic E-state index is 12.9. The maximum atomic E-state index is 12.9. The van der Waals surface area contributed by atoms with E-state index in [9.17, 15) is 4.79 Å². The number of hydrogen-bond donors (Lipinski definition) is 0. The van der Waals surface area contributed by atoms with E-state index in [1.807, 2.05) is 0 Å². The first-order chi connectivity index (χ1) is 15.9. The molecule has 3 nitrogen and oxygen atoms in total. The molecule has 2 aliphatic carbocycles. The monoisotopic (exact) mass is 526 g/mol. The average Bonchev–Trinajstić information content (AvgIpc) is 3.03. The van der Waals surface area contributed by atoms with Gasteiger partial charge in [-0.3, -0.25) is 4.79 Å². The van der Waals surface area contributed by atoms with Gasteiger partial charge >= 0.3 is 0 Å². The van der Waals surface area contributed by atoms with Gasteiger partial charge in [0.05, 0.1) is 11.2 Å². The molecule has 0 heterocycles. The molecule has 0 aromatic rings. The van der Waals surface area contributed by atoms with Crippen LogP contribution in [0.4, 0.5) is 0 Å². The van der Waals surface area contributed by atoms with E-state index in [1.165, 1.54) is 38.5 Å². The first-order valence-corrected chi connectivity index (χ1v) is 18.7. The van der Waals surface area contributed by atoms with E-state index < -0.39 is 8.32 Å². The number of carbonyl (C=O) groups is 1. The molecule has 2 fully saturated rings. The van der Waals surface area contributed by atoms with E-state index in [0.717, 1.165) is 32.1 Å². The van der Waals surface area contributed by atoms with Gasteiger partial charge in [0, 0.05) is 17.6 Å². The number of hydrogen-bond acceptors (Lipinski definition) is 4. The highest BCUT2D eigenvalue weighted by molar-refractivity contribution is 7.95. The highest BCUT2D eigenvalue weighted by atomic mass is 32.2. The molecule has 0 aromatic heterocycles. The molecule has 2 aliphatic rings. The summed E-state index contributed by atoms with van der Waals surface area (Å²) in [5.74, 6) is 1.49. The van der Waals surface area contributed by atoms with Crippen LogP contribution in [0.3, 0.4) is 0 Å². The lowest BCUT2D eigenvalue weighted by atomic mass is 9.56. The van der Waals surface area contributed by atoms with Gasteiger partial charge in [0.25, 0.3) is 0 Å². The molecular weight excluding hydrogens is 468 g/mol. The molecular formula is C30H58O3SSi. The normalized spacial score (nSPS) is 27.8. The first kappa shape index (κ1) is 31.4. The molecule has 2 saturated carbocycles. The number of carbonyl (C=O) groups excluding carboxylic acids is 1. The summed E-state index contributed by atoms with van der Waals surface area (Å²) in [6, 6.07) is 0. The van der Waals surface area contributed by atoms with E-state index in [2.05, 4.69) is 75.0 Å². The highest BCUT2D eigenvalue weighted by Crippen LogP contribution is 2.62. The van der Waals surface area contributed by atoms with Crippen molar-refractivity contribution >= 4 is 26.1 Å². The molecule has 4 atom stereocenters. The molecule has 206 valence electrons. The third-order valence-electron chi connectivity index (χ3n) is 8.81. The maximum Gasteiger partial charge on any atom is 0.184 e. The lowest BCUT2D eigenvalue weighted by Gasteiger charge is -2.49. The number of fused-ring (bicyclic) bond motifs is 1. The van der Waals surface area contributed by atoms with Crippen LogP contribution in [0.15, 0.2) is 0 Å². The van der Waals surface area contributed by atoms with Crippen LogP contribution >= 0.6 is 12.0 Å². The standard InChI is InChI=1S/C30H58O3SSi/c1-23(2)34-32-27(3,4)18-13-20-29(7,21-14-19-28(5,6)33-35(9,10)11)26-17-16-24-25(31)15-12-22-30(24,26)8/h23-24,26H,12-22H2,1-11H3/t24?,26?,29?,30-/m0/s1. The molecule has 2 rings (SSSR count). The van der Waals surface area contributed by atoms with E-state index >= 15 is 0 Å². The van der Waals surface area contributed by atoms with Crippen molar-refractivity contribution in [2.45, 2.75) is 162 Å². The topological polar surface area (TPSA) is 35.5 Å². The van der Waals surface area contributed by atoms with Crippen molar-refractivity contribution < 1.29 is 13.4 Å². The second-order valence-electron chi connectivity index (χ2n) is 14.8. The number of ketones is 1. The van der Waals surface area contributed by atoms with Crippen LogP contribution in [0.2, 0.25) is 19.6 Å². The van der Waals surface area contributed by atoms with Crippen LogP contribution in [-0.4, -0.2) is 30.6 Å². The van der Waals surface area contributed by atoms with Crippen LogP contribution in [0.1, 0.15) is 126 Å². The zero-order chi connectivity index (χ0) is 26.7. The summed E-state index contributed by atoms with van der Waals surface area (Å²) in [7, 11) is -1.57. The Morgan fingerprint density at radius 3 is 2.09 bits per heavy atom. The van der Waals surface area contributed by atoms with Gasteiger partial charge in [0.1, 0.15) is 5.78 Å². The van der Waals surface area contributed by atoms with Gasteiger partial charge in [-0.2, -0.15) is 0 Å². The Labute approximate surface area is 224 Å². The van der Waals surface area contributed by atoms with Gasteiger partial charge < -0.3 is 8.61 Å². The predicted molar refractivity (Wildman–Crippen MR) is 155 cm³/mol. The minimum Gasteiger partial charge on any atom is -0.413 e. The fraction of sp³-hybridized carbons (Fsp3) is 0.967. The fourth-order valence-electron chi connectivity index (χ4n) is 7.53. The quantitative estimate of drug-likeness (QED) is 0.167. The van der Waals surface area contributed by atoms with Gasteiger partial charge in [-0.15, -0.1) is 0 Å². The molecule has 0 N–H and O–H groups in total. The Bertz CT molecular complexity index is 698. The van der Waals surface area contributed by atoms with E-state index in [-0.39, 0.29) is 22.0 Å². The average molecular weight is 527 g/mol. The summed E-state index contributed by atoms with van der Waals surface area (Å²) in [5, 5.41) is 0.487. The zero-order valence-electron chi connectivity index (χ0n) is 25.1. The molecule has 0 bridgehead atoms. The summed E-state index contributed by atoms with van der Waals surface area (Å²) in [6.45, 7) is 25.3. The summed E-state index contributed by atoms with van der Waals surface area (Å²) in [4.78, 5) is 12.9. The molecule has 0 spiro atoms. The smallest absolute Gasteiger partial charge is 0.184 e. The third kappa shape index (κ3) is 9.14. The molecule has 35 heavy (non-hydrogen) atoms. The van der Waals surface area contributed by atoms with E-state index in [1.54, 1.807) is 12.0 Å². The summed E-state index contributed by atoms with van der Waals surface area (Å²) >= 11 is 1.61. The lowest BCUT2D eigenvalue weighted by Crippen LogP contribution is -2.44. The van der Waals surface area contributed by atoms with Crippen molar-refractivity contribution in [1.29, 1.82) is 0 Å². The second kappa shape index (κ2) is 11.9. The molecule has 3 unspecified atom stereocenters. The second-order valence-corrected chi connectivity index (χ2v) is 20.6. The molecule has 0 aromatic carbocycles. The Morgan fingerprint density at radius 2 is 1.54 bits per heavy atom. The summed E-state index contributed by atoms with van der Waals surface area (Å²) in [5.41, 5.74) is 0.287. The minimum atomic E-state index is -1.57. The van der Waals surface area contributed by atoms with Gasteiger partial charge in [-0.1, -0.05) is 40.5 Å². The van der Waals surface area contributed by atoms with Crippen LogP contribution in [0.25, 0.3) is 0 Å². The van der Waals surface area contributed by atoms with E-state index in [4.69, 9.17) is 8.61 Å². The van der Waals surface area contributed by atoms with Crippen molar-refractivity contribution in [3.8, 4) is 0 Å². The largest absolute Gasteiger partial charge is 0.413 e. The van der Waals surface area contributed by atoms with Crippen molar-refractivity contribution in [3.63, 3.8) is 0 Å². The van der Waals surface area contributed by atoms with E-state index in [0.29, 0.717) is 22.9 Å². The van der Waals surface area contributed by atoms with Crippen LogP contribution < -0.4 is 0 Å². The number of rotatable bonds is 14. The van der Waals surface area contributed by atoms with Crippen LogP contribution in [0.5, 0.6) is 0 Å². The molecule has 0 saturated heterocycles. The van der Waals surface area contributed by atoms with Gasteiger partial charge in [-0.25, -0.2) is 0 Å².